The third kappa shape index (κ3) is 7.86. The van der Waals surface area contributed by atoms with E-state index in [0.717, 1.165) is 0 Å². The van der Waals surface area contributed by atoms with Gasteiger partial charge in [-0.25, -0.2) is 4.79 Å². The molecule has 12 N–H and O–H groups in total. The fourth-order valence-corrected chi connectivity index (χ4v) is 4.06. The van der Waals surface area contributed by atoms with Gasteiger partial charge in [0.2, 0.25) is 0 Å². The van der Waals surface area contributed by atoms with Crippen molar-refractivity contribution in [3.05, 3.63) is 12.7 Å². The summed E-state index contributed by atoms with van der Waals surface area (Å²) in [7, 11) is 0. The average Bonchev–Trinajstić information content (AvgIpc) is 2.92. The van der Waals surface area contributed by atoms with E-state index in [1.165, 1.54) is 0 Å². The van der Waals surface area contributed by atoms with Crippen molar-refractivity contribution < 1.29 is 89.8 Å². The van der Waals surface area contributed by atoms with Crippen LogP contribution in [0, 0.1) is 6.58 Å². The van der Waals surface area contributed by atoms with Crippen molar-refractivity contribution >= 4 is 5.97 Å². The van der Waals surface area contributed by atoms with Crippen molar-refractivity contribution in [3.63, 3.8) is 0 Å². The van der Waals surface area contributed by atoms with E-state index in [9.17, 15) is 61.0 Å². The maximum atomic E-state index is 10.6. The van der Waals surface area contributed by atoms with Crippen LogP contribution in [-0.2, 0) is 28.5 Å². The molecular weight excluding hydrogens is 540 g/mol. The monoisotopic (exact) mass is 575 g/mol. The molecular formula is C21H35O18. The van der Waals surface area contributed by atoms with Gasteiger partial charge in [-0.1, -0.05) is 6.58 Å². The molecule has 3 fully saturated rings. The second-order valence-electron chi connectivity index (χ2n) is 8.84. The Bertz CT molecular complexity index is 765. The summed E-state index contributed by atoms with van der Waals surface area (Å²) in [5.74, 6) is -1.09. The van der Waals surface area contributed by atoms with E-state index in [4.69, 9.17) is 28.8 Å². The molecule has 15 atom stereocenters. The highest BCUT2D eigenvalue weighted by Crippen LogP contribution is 2.32. The summed E-state index contributed by atoms with van der Waals surface area (Å²) in [4.78, 5) is 9.19. The minimum Gasteiger partial charge on any atom is -0.478 e. The van der Waals surface area contributed by atoms with Crippen LogP contribution in [0.15, 0.2) is 6.08 Å². The highest BCUT2D eigenvalue weighted by molar-refractivity contribution is 5.78. The standard InChI is InChI=1S/C18H32O16.C3H3O2/c19-1-4-7(22)8(23)12(27)17(31-4)34-15-6(3-21)32-18(13(28)10(15)25)33-14-5(2-20)30-16(29)11(26)9(14)24;1-2-3(4)5/h4-29H,1-3H2;1-2H,(H,4,5)/t4-,5-,6-,7-,8+,9-,10-,11-,12-,13-,14-,15-,16?,17+,18+;/m1./s1. The number of carboxylic acid groups (broad SMARTS) is 1. The highest BCUT2D eigenvalue weighted by atomic mass is 16.8. The molecule has 0 amide bonds. The molecule has 3 rings (SSSR count). The lowest BCUT2D eigenvalue weighted by Crippen LogP contribution is -2.66. The van der Waals surface area contributed by atoms with Gasteiger partial charge in [0.25, 0.3) is 0 Å². The van der Waals surface area contributed by atoms with E-state index in [0.29, 0.717) is 6.08 Å². The molecule has 1 unspecified atom stereocenters. The van der Waals surface area contributed by atoms with Crippen LogP contribution >= 0.6 is 0 Å². The number of ether oxygens (including phenoxy) is 5. The minimum atomic E-state index is -1.91. The van der Waals surface area contributed by atoms with Crippen molar-refractivity contribution in [3.8, 4) is 0 Å². The van der Waals surface area contributed by atoms with Crippen molar-refractivity contribution in [2.24, 2.45) is 0 Å². The van der Waals surface area contributed by atoms with E-state index < -0.39 is 118 Å². The summed E-state index contributed by atoms with van der Waals surface area (Å²) in [5, 5.41) is 117. The maximum absolute atomic E-state index is 10.6. The summed E-state index contributed by atoms with van der Waals surface area (Å²) in [5.41, 5.74) is 0. The smallest absolute Gasteiger partial charge is 0.328 e. The molecule has 0 aromatic rings. The van der Waals surface area contributed by atoms with E-state index in [2.05, 4.69) is 6.58 Å². The van der Waals surface area contributed by atoms with Gasteiger partial charge in [0.15, 0.2) is 18.9 Å². The summed E-state index contributed by atoms with van der Waals surface area (Å²) in [6, 6.07) is 0. The number of aliphatic hydroxyl groups is 11. The summed E-state index contributed by atoms with van der Waals surface area (Å²) in [6.45, 7) is 2.13. The molecule has 39 heavy (non-hydrogen) atoms. The number of carbonyl (C=O) groups is 1. The van der Waals surface area contributed by atoms with E-state index >= 15 is 0 Å². The number of aliphatic carboxylic acids is 1. The Kier molecular flexibility index (Phi) is 13.0. The Labute approximate surface area is 221 Å². The molecule has 0 aliphatic carbocycles. The van der Waals surface area contributed by atoms with Gasteiger partial charge in [-0.2, -0.15) is 0 Å². The van der Waals surface area contributed by atoms with Crippen LogP contribution in [-0.4, -0.2) is 179 Å². The van der Waals surface area contributed by atoms with Crippen molar-refractivity contribution in [1.29, 1.82) is 0 Å². The van der Waals surface area contributed by atoms with Crippen LogP contribution in [0.3, 0.4) is 0 Å². The molecule has 0 saturated carbocycles. The number of carboxylic acids is 1. The first-order valence-corrected chi connectivity index (χ1v) is 11.6. The zero-order chi connectivity index (χ0) is 29.6. The summed E-state index contributed by atoms with van der Waals surface area (Å²) in [6.07, 6.45) is -24.6. The van der Waals surface area contributed by atoms with Crippen molar-refractivity contribution in [2.75, 3.05) is 19.8 Å². The molecule has 3 saturated heterocycles. The zero-order valence-electron chi connectivity index (χ0n) is 20.3. The minimum absolute atomic E-state index is 0.583. The van der Waals surface area contributed by atoms with Crippen LogP contribution in [0.25, 0.3) is 0 Å². The Hall–Kier alpha value is -1.43. The van der Waals surface area contributed by atoms with Gasteiger partial charge >= 0.3 is 5.97 Å². The van der Waals surface area contributed by atoms with Crippen LogP contribution in [0.2, 0.25) is 0 Å². The first-order chi connectivity index (χ1) is 18.3. The van der Waals surface area contributed by atoms with Gasteiger partial charge in [0.1, 0.15) is 73.2 Å². The molecule has 227 valence electrons. The van der Waals surface area contributed by atoms with Gasteiger partial charge in [-0.15, -0.1) is 0 Å². The first-order valence-electron chi connectivity index (χ1n) is 11.6. The average molecular weight is 575 g/mol. The SMILES string of the molecule is OC[C@H]1O[C@@H](O[C@H]2[C@H](O)[C@@H](O)[C@H](O[C@H]3[C@H](O)[C@@H](O)C(O)O[C@@H]3CO)O[C@@H]2CO)[C@H](O)[C@@H](O)[C@@H]1O.[CH]=CC(=O)O. The maximum Gasteiger partial charge on any atom is 0.328 e. The second-order valence-corrected chi connectivity index (χ2v) is 8.84. The van der Waals surface area contributed by atoms with Gasteiger partial charge in [-0.3, -0.25) is 0 Å². The number of rotatable bonds is 8. The lowest BCUT2D eigenvalue weighted by atomic mass is 9.96. The Morgan fingerprint density at radius 2 is 1.00 bits per heavy atom. The van der Waals surface area contributed by atoms with E-state index in [1.54, 1.807) is 0 Å². The van der Waals surface area contributed by atoms with Crippen LogP contribution in [0.5, 0.6) is 0 Å². The van der Waals surface area contributed by atoms with Crippen molar-refractivity contribution in [2.45, 2.75) is 92.1 Å². The predicted octanol–water partition coefficient (Wildman–Crippen LogP) is -7.51. The summed E-state index contributed by atoms with van der Waals surface area (Å²) < 4.78 is 26.4. The van der Waals surface area contributed by atoms with E-state index in [-0.39, 0.29) is 0 Å². The Morgan fingerprint density at radius 1 is 0.615 bits per heavy atom. The molecule has 0 aromatic carbocycles. The van der Waals surface area contributed by atoms with Crippen LogP contribution < -0.4 is 0 Å². The molecule has 3 aliphatic heterocycles. The van der Waals surface area contributed by atoms with Crippen LogP contribution in [0.1, 0.15) is 0 Å². The lowest BCUT2D eigenvalue weighted by Gasteiger charge is -2.47. The molecule has 3 aliphatic rings. The molecule has 0 spiro atoms. The Balaban J connectivity index is 0.000000976. The Morgan fingerprint density at radius 3 is 1.44 bits per heavy atom. The lowest BCUT2D eigenvalue weighted by molar-refractivity contribution is -0.377. The fraction of sp³-hybridized carbons (Fsp3) is 0.857. The summed E-state index contributed by atoms with van der Waals surface area (Å²) >= 11 is 0. The van der Waals surface area contributed by atoms with E-state index in [1.807, 2.05) is 0 Å². The van der Waals surface area contributed by atoms with Gasteiger partial charge < -0.3 is 85.0 Å². The molecule has 18 nitrogen and oxygen atoms in total. The number of aliphatic hydroxyl groups excluding tert-OH is 11. The molecule has 3 heterocycles. The van der Waals surface area contributed by atoms with Crippen molar-refractivity contribution in [1.82, 2.24) is 0 Å². The first kappa shape index (κ1) is 33.8. The molecule has 18 heteroatoms. The topological polar surface area (TPSA) is 306 Å². The number of hydrogen-bond donors (Lipinski definition) is 12. The van der Waals surface area contributed by atoms with Crippen LogP contribution in [0.4, 0.5) is 0 Å². The predicted molar refractivity (Wildman–Crippen MR) is 118 cm³/mol. The largest absolute Gasteiger partial charge is 0.478 e. The molecule has 1 radical (unpaired) electrons. The third-order valence-corrected chi connectivity index (χ3v) is 6.23. The molecule has 0 aromatic heterocycles. The quantitative estimate of drug-likeness (QED) is 0.120. The van der Waals surface area contributed by atoms with Gasteiger partial charge in [0, 0.05) is 6.08 Å². The number of hydrogen-bond acceptors (Lipinski definition) is 17. The molecule has 0 bridgehead atoms. The normalized spacial score (nSPS) is 46.6. The second kappa shape index (κ2) is 15.0. The zero-order valence-corrected chi connectivity index (χ0v) is 20.3. The van der Waals surface area contributed by atoms with Gasteiger partial charge in [0.05, 0.1) is 19.8 Å². The highest BCUT2D eigenvalue weighted by Gasteiger charge is 2.53. The third-order valence-electron chi connectivity index (χ3n) is 6.23. The van der Waals surface area contributed by atoms with Gasteiger partial charge in [-0.05, 0) is 0 Å². The fourth-order valence-electron chi connectivity index (χ4n) is 4.06.